The summed E-state index contributed by atoms with van der Waals surface area (Å²) in [6.45, 7) is 3.39. The molecule has 1 aliphatic rings. The number of carbonyl (C=O) groups excluding carboxylic acids is 2. The highest BCUT2D eigenvalue weighted by Crippen LogP contribution is 2.23. The molecule has 23 heavy (non-hydrogen) atoms. The van der Waals surface area contributed by atoms with Gasteiger partial charge in [0.15, 0.2) is 0 Å². The van der Waals surface area contributed by atoms with Crippen molar-refractivity contribution in [2.45, 2.75) is 57.9 Å². The first-order valence-corrected chi connectivity index (χ1v) is 8.85. The molecule has 0 aliphatic heterocycles. The van der Waals surface area contributed by atoms with Crippen molar-refractivity contribution in [3.05, 3.63) is 35.9 Å². The van der Waals surface area contributed by atoms with E-state index in [-0.39, 0.29) is 11.8 Å². The molecule has 1 N–H and O–H groups in total. The van der Waals surface area contributed by atoms with Crippen LogP contribution in [0.25, 0.3) is 0 Å². The van der Waals surface area contributed by atoms with Gasteiger partial charge in [-0.2, -0.15) is 0 Å². The number of carbonyl (C=O) groups is 2. The van der Waals surface area contributed by atoms with Crippen LogP contribution in [-0.4, -0.2) is 35.8 Å². The molecule has 0 saturated heterocycles. The zero-order valence-corrected chi connectivity index (χ0v) is 14.1. The van der Waals surface area contributed by atoms with Gasteiger partial charge in [0.2, 0.25) is 5.91 Å². The van der Waals surface area contributed by atoms with Gasteiger partial charge in [-0.05, 0) is 38.3 Å². The molecule has 1 saturated carbocycles. The van der Waals surface area contributed by atoms with Crippen molar-refractivity contribution < 1.29 is 9.59 Å². The number of hydrogen-bond acceptors (Lipinski definition) is 2. The van der Waals surface area contributed by atoms with Gasteiger partial charge >= 0.3 is 0 Å². The average molecular weight is 316 g/mol. The van der Waals surface area contributed by atoms with E-state index in [2.05, 4.69) is 12.2 Å². The smallest absolute Gasteiger partial charge is 0.251 e. The second-order valence-corrected chi connectivity index (χ2v) is 6.20. The number of benzene rings is 1. The topological polar surface area (TPSA) is 49.4 Å². The Morgan fingerprint density at radius 1 is 1.13 bits per heavy atom. The Labute approximate surface area is 139 Å². The molecule has 0 unspecified atom stereocenters. The summed E-state index contributed by atoms with van der Waals surface area (Å²) in [7, 11) is 0. The molecule has 1 aromatic rings. The van der Waals surface area contributed by atoms with Gasteiger partial charge in [-0.1, -0.05) is 37.5 Å². The van der Waals surface area contributed by atoms with Crippen LogP contribution in [0.5, 0.6) is 0 Å². The zero-order valence-electron chi connectivity index (χ0n) is 14.1. The number of rotatable bonds is 7. The maximum Gasteiger partial charge on any atom is 0.251 e. The minimum Gasteiger partial charge on any atom is -0.352 e. The van der Waals surface area contributed by atoms with E-state index in [1.54, 1.807) is 12.1 Å². The molecular formula is C19H28N2O2. The summed E-state index contributed by atoms with van der Waals surface area (Å²) in [6, 6.07) is 9.61. The van der Waals surface area contributed by atoms with Crippen molar-refractivity contribution in [3.63, 3.8) is 0 Å². The Kier molecular flexibility index (Phi) is 7.11. The number of nitrogens with zero attached hydrogens (tertiary/aromatic N) is 1. The third kappa shape index (κ3) is 5.38. The lowest BCUT2D eigenvalue weighted by atomic mass is 9.94. The van der Waals surface area contributed by atoms with Gasteiger partial charge in [0, 0.05) is 31.1 Å². The van der Waals surface area contributed by atoms with E-state index in [0.717, 1.165) is 19.4 Å². The van der Waals surface area contributed by atoms with E-state index in [1.807, 2.05) is 23.1 Å². The highest BCUT2D eigenvalue weighted by Gasteiger charge is 2.23. The molecule has 1 aliphatic carbocycles. The van der Waals surface area contributed by atoms with E-state index in [0.29, 0.717) is 31.0 Å². The van der Waals surface area contributed by atoms with Crippen LogP contribution in [0.15, 0.2) is 30.3 Å². The van der Waals surface area contributed by atoms with Crippen LogP contribution < -0.4 is 5.32 Å². The first-order valence-electron chi connectivity index (χ1n) is 8.85. The van der Waals surface area contributed by atoms with Crippen LogP contribution in [0.4, 0.5) is 0 Å². The lowest BCUT2D eigenvalue weighted by molar-refractivity contribution is -0.134. The van der Waals surface area contributed by atoms with Gasteiger partial charge in [-0.3, -0.25) is 9.59 Å². The van der Waals surface area contributed by atoms with Crippen LogP contribution in [0.2, 0.25) is 0 Å². The second kappa shape index (κ2) is 9.33. The number of amides is 2. The molecule has 2 rings (SSSR count). The van der Waals surface area contributed by atoms with E-state index >= 15 is 0 Å². The normalized spacial score (nSPS) is 15.2. The molecule has 0 spiro atoms. The summed E-state index contributed by atoms with van der Waals surface area (Å²) in [5.41, 5.74) is 0.663. The maximum atomic E-state index is 12.4. The van der Waals surface area contributed by atoms with Crippen LogP contribution >= 0.6 is 0 Å². The van der Waals surface area contributed by atoms with E-state index in [1.165, 1.54) is 19.3 Å². The lowest BCUT2D eigenvalue weighted by Crippen LogP contribution is -2.41. The third-order valence-electron chi connectivity index (χ3n) is 4.57. The van der Waals surface area contributed by atoms with Crippen molar-refractivity contribution in [1.29, 1.82) is 0 Å². The first-order chi connectivity index (χ1) is 11.2. The van der Waals surface area contributed by atoms with Crippen molar-refractivity contribution >= 4 is 11.8 Å². The summed E-state index contributed by atoms with van der Waals surface area (Å²) in [6.07, 6.45) is 7.27. The highest BCUT2D eigenvalue weighted by molar-refractivity contribution is 5.94. The Hall–Kier alpha value is -1.84. The fourth-order valence-electron chi connectivity index (χ4n) is 3.31. The van der Waals surface area contributed by atoms with Crippen molar-refractivity contribution in [2.24, 2.45) is 0 Å². The van der Waals surface area contributed by atoms with Crippen LogP contribution in [0.3, 0.4) is 0 Å². The Bertz CT molecular complexity index is 495. The Morgan fingerprint density at radius 3 is 2.48 bits per heavy atom. The predicted octanol–water partition coefficient (Wildman–Crippen LogP) is 3.38. The predicted molar refractivity (Wildman–Crippen MR) is 92.3 cm³/mol. The van der Waals surface area contributed by atoms with Gasteiger partial charge in [-0.15, -0.1) is 0 Å². The summed E-state index contributed by atoms with van der Waals surface area (Å²) < 4.78 is 0. The maximum absolute atomic E-state index is 12.4. The van der Waals surface area contributed by atoms with Crippen LogP contribution in [0.1, 0.15) is 62.2 Å². The summed E-state index contributed by atoms with van der Waals surface area (Å²) in [4.78, 5) is 26.4. The zero-order chi connectivity index (χ0) is 16.5. The number of nitrogens with one attached hydrogen (secondary N) is 1. The molecule has 126 valence electrons. The lowest BCUT2D eigenvalue weighted by Gasteiger charge is -2.33. The molecule has 0 atom stereocenters. The molecule has 0 bridgehead atoms. The molecule has 2 amide bonds. The summed E-state index contributed by atoms with van der Waals surface area (Å²) in [5, 5.41) is 2.88. The van der Waals surface area contributed by atoms with E-state index < -0.39 is 0 Å². The highest BCUT2D eigenvalue weighted by atomic mass is 16.2. The third-order valence-corrected chi connectivity index (χ3v) is 4.57. The standard InChI is InChI=1S/C19H28N2O2/c1-2-21(17-12-7-4-8-13-17)18(22)14-9-15-20-19(23)16-10-5-3-6-11-16/h3,5-6,10-11,17H,2,4,7-9,12-15H2,1H3,(H,20,23). The Morgan fingerprint density at radius 2 is 1.83 bits per heavy atom. The largest absolute Gasteiger partial charge is 0.352 e. The van der Waals surface area contributed by atoms with Crippen LogP contribution in [-0.2, 0) is 4.79 Å². The van der Waals surface area contributed by atoms with E-state index in [4.69, 9.17) is 0 Å². The quantitative estimate of drug-likeness (QED) is 0.784. The van der Waals surface area contributed by atoms with Crippen LogP contribution in [0, 0.1) is 0 Å². The molecule has 0 radical (unpaired) electrons. The average Bonchev–Trinajstić information content (AvgIpc) is 2.61. The molecule has 0 heterocycles. The molecule has 1 aromatic carbocycles. The monoisotopic (exact) mass is 316 g/mol. The van der Waals surface area contributed by atoms with E-state index in [9.17, 15) is 9.59 Å². The van der Waals surface area contributed by atoms with Gasteiger partial charge in [-0.25, -0.2) is 0 Å². The minimum absolute atomic E-state index is 0.0716. The SMILES string of the molecule is CCN(C(=O)CCCNC(=O)c1ccccc1)C1CCCCC1. The molecule has 4 nitrogen and oxygen atoms in total. The minimum atomic E-state index is -0.0716. The molecule has 4 heteroatoms. The fourth-order valence-corrected chi connectivity index (χ4v) is 3.31. The Balaban J connectivity index is 1.70. The van der Waals surface area contributed by atoms with Gasteiger partial charge < -0.3 is 10.2 Å². The van der Waals surface area contributed by atoms with Gasteiger partial charge in [0.1, 0.15) is 0 Å². The summed E-state index contributed by atoms with van der Waals surface area (Å²) in [5.74, 6) is 0.158. The molecule has 0 aromatic heterocycles. The van der Waals surface area contributed by atoms with Crippen molar-refractivity contribution in [1.82, 2.24) is 10.2 Å². The molecule has 1 fully saturated rings. The summed E-state index contributed by atoms with van der Waals surface area (Å²) >= 11 is 0. The number of hydrogen-bond donors (Lipinski definition) is 1. The van der Waals surface area contributed by atoms with Crippen molar-refractivity contribution in [3.8, 4) is 0 Å². The van der Waals surface area contributed by atoms with Gasteiger partial charge in [0.05, 0.1) is 0 Å². The molecular weight excluding hydrogens is 288 g/mol. The first kappa shape index (κ1) is 17.5. The van der Waals surface area contributed by atoms with Gasteiger partial charge in [0.25, 0.3) is 5.91 Å². The fraction of sp³-hybridized carbons (Fsp3) is 0.579. The van der Waals surface area contributed by atoms with Crippen molar-refractivity contribution in [2.75, 3.05) is 13.1 Å². The second-order valence-electron chi connectivity index (χ2n) is 6.20.